The van der Waals surface area contributed by atoms with Crippen LogP contribution in [0.3, 0.4) is 0 Å². The number of piperidine rings is 1. The van der Waals surface area contributed by atoms with Crippen LogP contribution in [0.25, 0.3) is 0 Å². The first-order chi connectivity index (χ1) is 8.35. The van der Waals surface area contributed by atoms with Gasteiger partial charge in [0, 0.05) is 0 Å². The molecule has 1 atom stereocenters. The molecule has 0 bridgehead atoms. The summed E-state index contributed by atoms with van der Waals surface area (Å²) < 4.78 is 0. The molecule has 1 fully saturated rings. The van der Waals surface area contributed by atoms with E-state index >= 15 is 0 Å². The highest BCUT2D eigenvalue weighted by Gasteiger charge is 2.16. The van der Waals surface area contributed by atoms with E-state index in [1.165, 1.54) is 45.2 Å². The number of aryl methyl sites for hydroxylation is 2. The minimum Gasteiger partial charge on any atom is -0.316 e. The van der Waals surface area contributed by atoms with Gasteiger partial charge in [-0.2, -0.15) is 0 Å². The minimum atomic E-state index is 0.849. The average Bonchev–Trinajstić information content (AvgIpc) is 2.40. The highest BCUT2D eigenvalue weighted by molar-refractivity contribution is 5.36. The van der Waals surface area contributed by atoms with Crippen LogP contribution in [0.5, 0.6) is 0 Å². The van der Waals surface area contributed by atoms with Crippen molar-refractivity contribution < 1.29 is 0 Å². The maximum atomic E-state index is 3.53. The fraction of sp³-hybridized carbons (Fsp3) is 0.625. The van der Waals surface area contributed by atoms with Gasteiger partial charge >= 0.3 is 0 Å². The third-order valence-electron chi connectivity index (χ3n) is 4.02. The van der Waals surface area contributed by atoms with Crippen molar-refractivity contribution in [3.63, 3.8) is 0 Å². The predicted octanol–water partition coefficient (Wildman–Crippen LogP) is 3.35. The summed E-state index contributed by atoms with van der Waals surface area (Å²) in [5.74, 6) is 0.849. The summed E-state index contributed by atoms with van der Waals surface area (Å²) in [7, 11) is 0. The number of hydrogen-bond donors (Lipinski definition) is 1. The van der Waals surface area contributed by atoms with E-state index in [-0.39, 0.29) is 0 Å². The van der Waals surface area contributed by atoms with E-state index in [1.54, 1.807) is 16.7 Å². The zero-order chi connectivity index (χ0) is 12.1. The van der Waals surface area contributed by atoms with Gasteiger partial charge in [0.15, 0.2) is 0 Å². The molecule has 94 valence electrons. The van der Waals surface area contributed by atoms with Crippen molar-refractivity contribution in [2.24, 2.45) is 5.92 Å². The summed E-state index contributed by atoms with van der Waals surface area (Å²) in [4.78, 5) is 0. The Hall–Kier alpha value is -0.820. The van der Waals surface area contributed by atoms with Gasteiger partial charge in [0.05, 0.1) is 0 Å². The normalized spacial score (nSPS) is 20.5. The Morgan fingerprint density at radius 3 is 2.41 bits per heavy atom. The summed E-state index contributed by atoms with van der Waals surface area (Å²) in [6, 6.07) is 6.84. The molecule has 1 unspecified atom stereocenters. The Morgan fingerprint density at radius 1 is 1.18 bits per heavy atom. The highest BCUT2D eigenvalue weighted by atomic mass is 14.9. The molecule has 0 aliphatic carbocycles. The second-order valence-corrected chi connectivity index (χ2v) is 5.18. The Kier molecular flexibility index (Phi) is 4.61. The molecule has 1 nitrogen and oxygen atoms in total. The average molecular weight is 231 g/mol. The summed E-state index contributed by atoms with van der Waals surface area (Å²) in [5, 5.41) is 3.53. The molecule has 1 heteroatoms. The van der Waals surface area contributed by atoms with Gasteiger partial charge in [-0.15, -0.1) is 0 Å². The van der Waals surface area contributed by atoms with E-state index in [4.69, 9.17) is 0 Å². The first-order valence-electron chi connectivity index (χ1n) is 7.15. The van der Waals surface area contributed by atoms with Crippen molar-refractivity contribution in [1.29, 1.82) is 0 Å². The molecule has 2 rings (SSSR count). The molecular weight excluding hydrogens is 206 g/mol. The van der Waals surface area contributed by atoms with Crippen LogP contribution in [0.2, 0.25) is 0 Å². The van der Waals surface area contributed by atoms with Gasteiger partial charge < -0.3 is 5.32 Å². The maximum Gasteiger partial charge on any atom is -0.00173 e. The molecule has 1 aromatic rings. The predicted molar refractivity (Wildman–Crippen MR) is 74.5 cm³/mol. The zero-order valence-electron chi connectivity index (χ0n) is 11.3. The first kappa shape index (κ1) is 12.6. The summed E-state index contributed by atoms with van der Waals surface area (Å²) in [6.07, 6.45) is 6.36. The van der Waals surface area contributed by atoms with Crippen molar-refractivity contribution in [1.82, 2.24) is 5.32 Å². The van der Waals surface area contributed by atoms with Crippen molar-refractivity contribution in [3.05, 3.63) is 34.9 Å². The number of rotatable bonds is 4. The number of hydrogen-bond acceptors (Lipinski definition) is 1. The van der Waals surface area contributed by atoms with Gasteiger partial charge in [0.1, 0.15) is 0 Å². The molecular formula is C16H25N. The summed E-state index contributed by atoms with van der Waals surface area (Å²) >= 11 is 0. The van der Waals surface area contributed by atoms with Gasteiger partial charge in [-0.05, 0) is 67.8 Å². The van der Waals surface area contributed by atoms with Crippen LogP contribution in [-0.4, -0.2) is 13.1 Å². The Balaban J connectivity index is 2.16. The van der Waals surface area contributed by atoms with E-state index in [0.717, 1.165) is 5.92 Å². The Labute approximate surface area is 106 Å². The van der Waals surface area contributed by atoms with E-state index in [0.29, 0.717) is 0 Å². The fourth-order valence-electron chi connectivity index (χ4n) is 3.00. The van der Waals surface area contributed by atoms with Crippen LogP contribution in [0.15, 0.2) is 18.2 Å². The topological polar surface area (TPSA) is 12.0 Å². The minimum absolute atomic E-state index is 0.849. The van der Waals surface area contributed by atoms with Crippen LogP contribution in [0.4, 0.5) is 0 Å². The number of nitrogens with one attached hydrogen (secondary N) is 1. The van der Waals surface area contributed by atoms with Gasteiger partial charge in [-0.1, -0.05) is 32.0 Å². The van der Waals surface area contributed by atoms with E-state index in [9.17, 15) is 0 Å². The fourth-order valence-corrected chi connectivity index (χ4v) is 3.00. The third-order valence-corrected chi connectivity index (χ3v) is 4.02. The van der Waals surface area contributed by atoms with Crippen molar-refractivity contribution in [3.8, 4) is 0 Å². The van der Waals surface area contributed by atoms with Crippen molar-refractivity contribution >= 4 is 0 Å². The quantitative estimate of drug-likeness (QED) is 0.838. The van der Waals surface area contributed by atoms with Gasteiger partial charge in [-0.3, -0.25) is 0 Å². The molecule has 0 radical (unpaired) electrons. The zero-order valence-corrected chi connectivity index (χ0v) is 11.3. The lowest BCUT2D eigenvalue weighted by atomic mass is 9.86. The molecule has 0 aromatic heterocycles. The molecule has 1 heterocycles. The maximum absolute atomic E-state index is 3.53. The van der Waals surface area contributed by atoms with E-state index < -0.39 is 0 Å². The molecule has 1 aliphatic heterocycles. The molecule has 0 amide bonds. The molecule has 1 N–H and O–H groups in total. The first-order valence-corrected chi connectivity index (χ1v) is 7.15. The summed E-state index contributed by atoms with van der Waals surface area (Å²) in [6.45, 7) is 6.97. The highest BCUT2D eigenvalue weighted by Crippen LogP contribution is 2.23. The lowest BCUT2D eigenvalue weighted by Crippen LogP contribution is -2.31. The smallest absolute Gasteiger partial charge is 0.00173 e. The van der Waals surface area contributed by atoms with Crippen LogP contribution in [0.1, 0.15) is 43.4 Å². The monoisotopic (exact) mass is 231 g/mol. The molecule has 1 aliphatic rings. The van der Waals surface area contributed by atoms with Gasteiger partial charge in [0.2, 0.25) is 0 Å². The third kappa shape index (κ3) is 3.10. The molecule has 1 aromatic carbocycles. The van der Waals surface area contributed by atoms with Crippen LogP contribution < -0.4 is 5.32 Å². The van der Waals surface area contributed by atoms with E-state index in [1.807, 2.05) is 0 Å². The Bertz CT molecular complexity index is 328. The molecule has 17 heavy (non-hydrogen) atoms. The molecule has 0 saturated carbocycles. The largest absolute Gasteiger partial charge is 0.316 e. The second kappa shape index (κ2) is 6.20. The standard InChI is InChI=1S/C16H25N/c1-3-14-8-5-9-15(4-2)16(14)11-13-7-6-10-17-12-13/h5,8-9,13,17H,3-4,6-7,10-12H2,1-2H3. The lowest BCUT2D eigenvalue weighted by Gasteiger charge is -2.25. The van der Waals surface area contributed by atoms with E-state index in [2.05, 4.69) is 37.4 Å². The van der Waals surface area contributed by atoms with Crippen LogP contribution in [0, 0.1) is 5.92 Å². The number of benzene rings is 1. The van der Waals surface area contributed by atoms with Crippen LogP contribution >= 0.6 is 0 Å². The molecule has 1 saturated heterocycles. The van der Waals surface area contributed by atoms with Gasteiger partial charge in [-0.25, -0.2) is 0 Å². The van der Waals surface area contributed by atoms with Crippen molar-refractivity contribution in [2.45, 2.75) is 46.0 Å². The summed E-state index contributed by atoms with van der Waals surface area (Å²) in [5.41, 5.74) is 4.77. The lowest BCUT2D eigenvalue weighted by molar-refractivity contribution is 0.375. The molecule has 0 spiro atoms. The SMILES string of the molecule is CCc1cccc(CC)c1CC1CCCNC1. The Morgan fingerprint density at radius 2 is 1.88 bits per heavy atom. The second-order valence-electron chi connectivity index (χ2n) is 5.18. The van der Waals surface area contributed by atoms with Crippen molar-refractivity contribution in [2.75, 3.05) is 13.1 Å². The van der Waals surface area contributed by atoms with Crippen LogP contribution in [-0.2, 0) is 19.3 Å². The van der Waals surface area contributed by atoms with Gasteiger partial charge in [0.25, 0.3) is 0 Å².